The molecule has 1 aliphatic rings. The quantitative estimate of drug-likeness (QED) is 0.789. The summed E-state index contributed by atoms with van der Waals surface area (Å²) in [6, 6.07) is 6.87. The lowest BCUT2D eigenvalue weighted by Gasteiger charge is -2.15. The van der Waals surface area contributed by atoms with E-state index in [4.69, 9.17) is 5.73 Å². The predicted octanol–water partition coefficient (Wildman–Crippen LogP) is 2.99. The van der Waals surface area contributed by atoms with Gasteiger partial charge in [0.05, 0.1) is 0 Å². The standard InChI is InChI=1S/C14H22N2S/c1-10(17-2)7-8-16-14-6-3-11-9-12(15)4-5-13(11)14/h4-5,9-10,14,16H,3,6-8,15H2,1-2H3. The van der Waals surface area contributed by atoms with Crippen molar-refractivity contribution in [2.75, 3.05) is 18.5 Å². The van der Waals surface area contributed by atoms with E-state index in [0.717, 1.165) is 23.9 Å². The summed E-state index contributed by atoms with van der Waals surface area (Å²) in [5.41, 5.74) is 9.59. The van der Waals surface area contributed by atoms with Crippen molar-refractivity contribution in [3.63, 3.8) is 0 Å². The summed E-state index contributed by atoms with van der Waals surface area (Å²) in [6.45, 7) is 3.39. The summed E-state index contributed by atoms with van der Waals surface area (Å²) in [4.78, 5) is 0. The van der Waals surface area contributed by atoms with E-state index in [9.17, 15) is 0 Å². The molecule has 2 unspecified atom stereocenters. The molecule has 0 heterocycles. The molecule has 3 heteroatoms. The summed E-state index contributed by atoms with van der Waals surface area (Å²) in [5.74, 6) is 0. The van der Waals surface area contributed by atoms with Crippen LogP contribution in [0.5, 0.6) is 0 Å². The lowest BCUT2D eigenvalue weighted by atomic mass is 10.1. The molecule has 0 amide bonds. The number of rotatable bonds is 5. The molecule has 0 aliphatic heterocycles. The van der Waals surface area contributed by atoms with Crippen LogP contribution in [0.1, 0.15) is 36.9 Å². The highest BCUT2D eigenvalue weighted by Crippen LogP contribution is 2.32. The summed E-state index contributed by atoms with van der Waals surface area (Å²) in [5, 5.41) is 4.41. The largest absolute Gasteiger partial charge is 0.399 e. The van der Waals surface area contributed by atoms with Crippen molar-refractivity contribution < 1.29 is 0 Å². The molecule has 0 saturated heterocycles. The zero-order valence-electron chi connectivity index (χ0n) is 10.7. The van der Waals surface area contributed by atoms with Gasteiger partial charge in [-0.05, 0) is 55.3 Å². The minimum atomic E-state index is 0.541. The number of benzene rings is 1. The number of nitrogens with one attached hydrogen (secondary N) is 1. The molecule has 0 radical (unpaired) electrons. The van der Waals surface area contributed by atoms with Crippen molar-refractivity contribution in [2.45, 2.75) is 37.5 Å². The van der Waals surface area contributed by atoms with Crippen molar-refractivity contribution in [1.82, 2.24) is 5.32 Å². The zero-order chi connectivity index (χ0) is 12.3. The first-order valence-corrected chi connectivity index (χ1v) is 7.64. The third-order valence-electron chi connectivity index (χ3n) is 3.59. The van der Waals surface area contributed by atoms with E-state index in [1.54, 1.807) is 0 Å². The molecule has 2 rings (SSSR count). The SMILES string of the molecule is CSC(C)CCNC1CCc2cc(N)ccc21. The molecule has 0 bridgehead atoms. The maximum atomic E-state index is 5.81. The summed E-state index contributed by atoms with van der Waals surface area (Å²) < 4.78 is 0. The van der Waals surface area contributed by atoms with Gasteiger partial charge in [-0.1, -0.05) is 13.0 Å². The van der Waals surface area contributed by atoms with E-state index in [-0.39, 0.29) is 0 Å². The Morgan fingerprint density at radius 1 is 1.53 bits per heavy atom. The second-order valence-corrected chi connectivity index (χ2v) is 6.11. The number of hydrogen-bond acceptors (Lipinski definition) is 3. The molecule has 1 aliphatic carbocycles. The van der Waals surface area contributed by atoms with Crippen LogP contribution in [0, 0.1) is 0 Å². The molecule has 0 spiro atoms. The van der Waals surface area contributed by atoms with Gasteiger partial charge in [-0.3, -0.25) is 0 Å². The highest BCUT2D eigenvalue weighted by Gasteiger charge is 2.21. The van der Waals surface area contributed by atoms with E-state index in [2.05, 4.69) is 30.6 Å². The fourth-order valence-electron chi connectivity index (χ4n) is 2.43. The average molecular weight is 250 g/mol. The van der Waals surface area contributed by atoms with Crippen molar-refractivity contribution in [3.05, 3.63) is 29.3 Å². The van der Waals surface area contributed by atoms with Gasteiger partial charge in [0.2, 0.25) is 0 Å². The summed E-state index contributed by atoms with van der Waals surface area (Å²) in [7, 11) is 0. The number of aryl methyl sites for hydroxylation is 1. The van der Waals surface area contributed by atoms with Crippen molar-refractivity contribution >= 4 is 17.4 Å². The van der Waals surface area contributed by atoms with E-state index in [1.807, 2.05) is 17.8 Å². The highest BCUT2D eigenvalue weighted by atomic mass is 32.2. The first kappa shape index (κ1) is 12.8. The highest BCUT2D eigenvalue weighted by molar-refractivity contribution is 7.99. The van der Waals surface area contributed by atoms with E-state index in [0.29, 0.717) is 6.04 Å². The van der Waals surface area contributed by atoms with Crippen LogP contribution in [-0.2, 0) is 6.42 Å². The molecule has 0 saturated carbocycles. The van der Waals surface area contributed by atoms with Crippen LogP contribution in [0.15, 0.2) is 18.2 Å². The number of hydrogen-bond donors (Lipinski definition) is 2. The zero-order valence-corrected chi connectivity index (χ0v) is 11.5. The first-order chi connectivity index (χ1) is 8.20. The van der Waals surface area contributed by atoms with Crippen LogP contribution >= 0.6 is 11.8 Å². The van der Waals surface area contributed by atoms with Crippen molar-refractivity contribution in [2.24, 2.45) is 0 Å². The number of anilines is 1. The third-order valence-corrected chi connectivity index (χ3v) is 4.63. The Morgan fingerprint density at radius 2 is 2.35 bits per heavy atom. The van der Waals surface area contributed by atoms with Gasteiger partial charge < -0.3 is 11.1 Å². The number of fused-ring (bicyclic) bond motifs is 1. The van der Waals surface area contributed by atoms with Crippen LogP contribution in [0.3, 0.4) is 0 Å². The van der Waals surface area contributed by atoms with Gasteiger partial charge in [0.1, 0.15) is 0 Å². The van der Waals surface area contributed by atoms with Gasteiger partial charge in [0.25, 0.3) is 0 Å². The Labute approximate surface area is 108 Å². The van der Waals surface area contributed by atoms with Gasteiger partial charge in [-0.25, -0.2) is 0 Å². The minimum Gasteiger partial charge on any atom is -0.399 e. The number of nitrogens with two attached hydrogens (primary N) is 1. The van der Waals surface area contributed by atoms with E-state index < -0.39 is 0 Å². The lowest BCUT2D eigenvalue weighted by molar-refractivity contribution is 0.520. The van der Waals surface area contributed by atoms with Crippen LogP contribution in [-0.4, -0.2) is 18.1 Å². The lowest BCUT2D eigenvalue weighted by Crippen LogP contribution is -2.22. The second-order valence-electron chi connectivity index (χ2n) is 4.84. The molecule has 2 nitrogen and oxygen atoms in total. The van der Waals surface area contributed by atoms with Gasteiger partial charge in [0, 0.05) is 17.0 Å². The molecule has 3 N–H and O–H groups in total. The molecule has 1 aromatic carbocycles. The molecule has 2 atom stereocenters. The number of nitrogen functional groups attached to an aromatic ring is 1. The maximum absolute atomic E-state index is 5.81. The third kappa shape index (κ3) is 3.17. The Kier molecular flexibility index (Phi) is 4.35. The van der Waals surface area contributed by atoms with Gasteiger partial charge in [0.15, 0.2) is 0 Å². The smallest absolute Gasteiger partial charge is 0.0326 e. The van der Waals surface area contributed by atoms with Crippen LogP contribution in [0.2, 0.25) is 0 Å². The van der Waals surface area contributed by atoms with E-state index in [1.165, 1.54) is 24.0 Å². The molecule has 94 valence electrons. The normalized spacial score (nSPS) is 20.2. The molecule has 0 fully saturated rings. The van der Waals surface area contributed by atoms with Crippen molar-refractivity contribution in [3.8, 4) is 0 Å². The monoisotopic (exact) mass is 250 g/mol. The molecule has 1 aromatic rings. The second kappa shape index (κ2) is 5.78. The summed E-state index contributed by atoms with van der Waals surface area (Å²) >= 11 is 1.94. The first-order valence-electron chi connectivity index (χ1n) is 6.35. The van der Waals surface area contributed by atoms with Crippen molar-refractivity contribution in [1.29, 1.82) is 0 Å². The van der Waals surface area contributed by atoms with Crippen LogP contribution in [0.25, 0.3) is 0 Å². The fraction of sp³-hybridized carbons (Fsp3) is 0.571. The predicted molar refractivity (Wildman–Crippen MR) is 77.5 cm³/mol. The average Bonchev–Trinajstić information content (AvgIpc) is 2.71. The molecular formula is C14H22N2S. The number of thioether (sulfide) groups is 1. The van der Waals surface area contributed by atoms with Gasteiger partial charge in [-0.2, -0.15) is 11.8 Å². The molecule has 0 aromatic heterocycles. The van der Waals surface area contributed by atoms with Gasteiger partial charge in [-0.15, -0.1) is 0 Å². The Hall–Kier alpha value is -0.670. The topological polar surface area (TPSA) is 38.0 Å². The van der Waals surface area contributed by atoms with Crippen LogP contribution < -0.4 is 11.1 Å². The Morgan fingerprint density at radius 3 is 3.12 bits per heavy atom. The van der Waals surface area contributed by atoms with E-state index >= 15 is 0 Å². The Bertz CT molecular complexity index is 378. The Balaban J connectivity index is 1.89. The molecule has 17 heavy (non-hydrogen) atoms. The minimum absolute atomic E-state index is 0.541. The maximum Gasteiger partial charge on any atom is 0.0326 e. The molecular weight excluding hydrogens is 228 g/mol. The fourth-order valence-corrected chi connectivity index (χ4v) is 2.78. The van der Waals surface area contributed by atoms with Gasteiger partial charge >= 0.3 is 0 Å². The van der Waals surface area contributed by atoms with Crippen LogP contribution in [0.4, 0.5) is 5.69 Å². The summed E-state index contributed by atoms with van der Waals surface area (Å²) in [6.07, 6.45) is 5.79.